The lowest BCUT2D eigenvalue weighted by Crippen LogP contribution is -2.45. The molecule has 2 atom stereocenters. The average Bonchev–Trinajstić information content (AvgIpc) is 2.13. The maximum atomic E-state index is 11.3. The summed E-state index contributed by atoms with van der Waals surface area (Å²) in [4.78, 5) is 11.3. The van der Waals surface area contributed by atoms with Gasteiger partial charge < -0.3 is 15.4 Å². The highest BCUT2D eigenvalue weighted by Gasteiger charge is 2.12. The predicted octanol–water partition coefficient (Wildman–Crippen LogP) is 0.136. The smallest absolute Gasteiger partial charge is 0.237 e. The molecule has 0 aliphatic rings. The molecule has 0 aliphatic carbocycles. The molecular weight excluding hydrogens is 168 g/mol. The molecule has 4 heteroatoms. The van der Waals surface area contributed by atoms with Crippen molar-refractivity contribution in [1.82, 2.24) is 10.6 Å². The number of hydrogen-bond donors (Lipinski definition) is 2. The lowest BCUT2D eigenvalue weighted by atomic mass is 10.3. The van der Waals surface area contributed by atoms with Gasteiger partial charge in [0, 0.05) is 12.6 Å². The SMILES string of the molecule is CCOCC(C)NC(=O)C(C)NC. The summed E-state index contributed by atoms with van der Waals surface area (Å²) in [5.41, 5.74) is 0. The Hall–Kier alpha value is -0.610. The van der Waals surface area contributed by atoms with Crippen molar-refractivity contribution >= 4 is 5.91 Å². The van der Waals surface area contributed by atoms with Gasteiger partial charge in [-0.05, 0) is 27.8 Å². The maximum Gasteiger partial charge on any atom is 0.237 e. The van der Waals surface area contributed by atoms with E-state index < -0.39 is 0 Å². The Morgan fingerprint density at radius 1 is 1.46 bits per heavy atom. The third-order valence-corrected chi connectivity index (χ3v) is 1.79. The molecule has 0 aromatic carbocycles. The molecular formula is C9H20N2O2. The van der Waals surface area contributed by atoms with E-state index in [0.29, 0.717) is 13.2 Å². The van der Waals surface area contributed by atoms with E-state index in [1.54, 1.807) is 7.05 Å². The first kappa shape index (κ1) is 12.4. The average molecular weight is 188 g/mol. The summed E-state index contributed by atoms with van der Waals surface area (Å²) >= 11 is 0. The molecule has 78 valence electrons. The monoisotopic (exact) mass is 188 g/mol. The number of amides is 1. The highest BCUT2D eigenvalue weighted by Crippen LogP contribution is 1.87. The molecule has 0 rings (SSSR count). The van der Waals surface area contributed by atoms with E-state index in [2.05, 4.69) is 10.6 Å². The second kappa shape index (κ2) is 6.86. The molecule has 0 spiro atoms. The van der Waals surface area contributed by atoms with Crippen molar-refractivity contribution in [3.8, 4) is 0 Å². The zero-order chi connectivity index (χ0) is 10.3. The molecule has 0 saturated carbocycles. The number of ether oxygens (including phenoxy) is 1. The van der Waals surface area contributed by atoms with Crippen molar-refractivity contribution in [1.29, 1.82) is 0 Å². The van der Waals surface area contributed by atoms with E-state index in [9.17, 15) is 4.79 Å². The van der Waals surface area contributed by atoms with Gasteiger partial charge in [0.05, 0.1) is 12.6 Å². The highest BCUT2D eigenvalue weighted by atomic mass is 16.5. The second-order valence-electron chi connectivity index (χ2n) is 3.08. The van der Waals surface area contributed by atoms with Crippen molar-refractivity contribution in [3.63, 3.8) is 0 Å². The summed E-state index contributed by atoms with van der Waals surface area (Å²) in [5, 5.41) is 5.71. The second-order valence-corrected chi connectivity index (χ2v) is 3.08. The first-order valence-corrected chi connectivity index (χ1v) is 4.67. The van der Waals surface area contributed by atoms with E-state index in [1.165, 1.54) is 0 Å². The predicted molar refractivity (Wildman–Crippen MR) is 52.6 cm³/mol. The van der Waals surface area contributed by atoms with Crippen LogP contribution < -0.4 is 10.6 Å². The van der Waals surface area contributed by atoms with Crippen LogP contribution in [0.3, 0.4) is 0 Å². The van der Waals surface area contributed by atoms with Crippen LogP contribution in [0.1, 0.15) is 20.8 Å². The minimum atomic E-state index is -0.149. The Labute approximate surface area is 80.0 Å². The van der Waals surface area contributed by atoms with Crippen LogP contribution in [0.25, 0.3) is 0 Å². The molecule has 0 radical (unpaired) electrons. The molecule has 0 aromatic rings. The van der Waals surface area contributed by atoms with Gasteiger partial charge in [-0.25, -0.2) is 0 Å². The van der Waals surface area contributed by atoms with Crippen LogP contribution in [0.15, 0.2) is 0 Å². The summed E-state index contributed by atoms with van der Waals surface area (Å²) < 4.78 is 5.17. The first-order valence-electron chi connectivity index (χ1n) is 4.67. The van der Waals surface area contributed by atoms with E-state index in [-0.39, 0.29) is 18.0 Å². The van der Waals surface area contributed by atoms with Gasteiger partial charge in [-0.15, -0.1) is 0 Å². The lowest BCUT2D eigenvalue weighted by Gasteiger charge is -2.16. The zero-order valence-electron chi connectivity index (χ0n) is 8.89. The molecule has 13 heavy (non-hydrogen) atoms. The van der Waals surface area contributed by atoms with Crippen molar-refractivity contribution < 1.29 is 9.53 Å². The maximum absolute atomic E-state index is 11.3. The fourth-order valence-electron chi connectivity index (χ4n) is 0.835. The summed E-state index contributed by atoms with van der Waals surface area (Å²) in [6, 6.07) is -0.0765. The lowest BCUT2D eigenvalue weighted by molar-refractivity contribution is -0.123. The molecule has 0 saturated heterocycles. The molecule has 0 bridgehead atoms. The van der Waals surface area contributed by atoms with E-state index >= 15 is 0 Å². The van der Waals surface area contributed by atoms with Gasteiger partial charge in [0.2, 0.25) is 5.91 Å². The minimum Gasteiger partial charge on any atom is -0.380 e. The topological polar surface area (TPSA) is 50.4 Å². The first-order chi connectivity index (χ1) is 6.11. The van der Waals surface area contributed by atoms with E-state index in [0.717, 1.165) is 0 Å². The normalized spacial score (nSPS) is 15.1. The van der Waals surface area contributed by atoms with Crippen LogP contribution in [-0.4, -0.2) is 38.3 Å². The Morgan fingerprint density at radius 2 is 2.08 bits per heavy atom. The largest absolute Gasteiger partial charge is 0.380 e. The Morgan fingerprint density at radius 3 is 2.54 bits per heavy atom. The summed E-state index contributed by atoms with van der Waals surface area (Å²) in [6.45, 7) is 6.93. The standard InChI is InChI=1S/C9H20N2O2/c1-5-13-6-7(2)11-9(12)8(3)10-4/h7-8,10H,5-6H2,1-4H3,(H,11,12). The fraction of sp³-hybridized carbons (Fsp3) is 0.889. The van der Waals surface area contributed by atoms with Crippen LogP contribution in [-0.2, 0) is 9.53 Å². The van der Waals surface area contributed by atoms with Gasteiger partial charge in [0.15, 0.2) is 0 Å². The van der Waals surface area contributed by atoms with Gasteiger partial charge in [0.25, 0.3) is 0 Å². The van der Waals surface area contributed by atoms with Gasteiger partial charge in [0.1, 0.15) is 0 Å². The number of likely N-dealkylation sites (N-methyl/N-ethyl adjacent to an activating group) is 1. The van der Waals surface area contributed by atoms with E-state index in [4.69, 9.17) is 4.74 Å². The van der Waals surface area contributed by atoms with Gasteiger partial charge >= 0.3 is 0 Å². The van der Waals surface area contributed by atoms with E-state index in [1.807, 2.05) is 20.8 Å². The molecule has 0 fully saturated rings. The number of carbonyl (C=O) groups excluding carboxylic acids is 1. The van der Waals surface area contributed by atoms with Gasteiger partial charge in [-0.1, -0.05) is 0 Å². The molecule has 2 N–H and O–H groups in total. The quantitative estimate of drug-likeness (QED) is 0.623. The zero-order valence-corrected chi connectivity index (χ0v) is 8.89. The van der Waals surface area contributed by atoms with Crippen LogP contribution >= 0.6 is 0 Å². The van der Waals surface area contributed by atoms with Crippen molar-refractivity contribution in [2.24, 2.45) is 0 Å². The van der Waals surface area contributed by atoms with Crippen LogP contribution in [0.5, 0.6) is 0 Å². The fourth-order valence-corrected chi connectivity index (χ4v) is 0.835. The molecule has 2 unspecified atom stereocenters. The van der Waals surface area contributed by atoms with Crippen molar-refractivity contribution in [2.45, 2.75) is 32.9 Å². The third-order valence-electron chi connectivity index (χ3n) is 1.79. The van der Waals surface area contributed by atoms with Crippen LogP contribution in [0.4, 0.5) is 0 Å². The van der Waals surface area contributed by atoms with Crippen molar-refractivity contribution in [3.05, 3.63) is 0 Å². The van der Waals surface area contributed by atoms with Gasteiger partial charge in [-0.3, -0.25) is 4.79 Å². The van der Waals surface area contributed by atoms with Crippen LogP contribution in [0, 0.1) is 0 Å². The molecule has 0 aliphatic heterocycles. The summed E-state index contributed by atoms with van der Waals surface area (Å²) in [6.07, 6.45) is 0. The number of hydrogen-bond acceptors (Lipinski definition) is 3. The van der Waals surface area contributed by atoms with Gasteiger partial charge in [-0.2, -0.15) is 0 Å². The Balaban J connectivity index is 3.64. The van der Waals surface area contributed by atoms with Crippen LogP contribution in [0.2, 0.25) is 0 Å². The number of carbonyl (C=O) groups is 1. The molecule has 4 nitrogen and oxygen atoms in total. The number of rotatable bonds is 6. The van der Waals surface area contributed by atoms with Crippen molar-refractivity contribution in [2.75, 3.05) is 20.3 Å². The minimum absolute atomic E-state index is 0.00898. The Bertz CT molecular complexity index is 151. The number of nitrogens with one attached hydrogen (secondary N) is 2. The summed E-state index contributed by atoms with van der Waals surface area (Å²) in [5.74, 6) is 0.00898. The highest BCUT2D eigenvalue weighted by molar-refractivity contribution is 5.81. The summed E-state index contributed by atoms with van der Waals surface area (Å²) in [7, 11) is 1.76. The molecule has 0 heterocycles. The third kappa shape index (κ3) is 5.60. The Kier molecular flexibility index (Phi) is 6.54. The molecule has 0 aromatic heterocycles. The molecule has 1 amide bonds.